The highest BCUT2D eigenvalue weighted by molar-refractivity contribution is 5.68. The molecule has 1 aliphatic heterocycles. The molecule has 1 aliphatic rings. The Morgan fingerprint density at radius 1 is 1.38 bits per heavy atom. The first-order chi connectivity index (χ1) is 11.3. The molecule has 0 aromatic heterocycles. The van der Waals surface area contributed by atoms with Crippen LogP contribution >= 0.6 is 0 Å². The zero-order valence-electron chi connectivity index (χ0n) is 15.7. The third-order valence-corrected chi connectivity index (χ3v) is 3.73. The minimum absolute atomic E-state index is 0.196. The largest absolute Gasteiger partial charge is 0.497 e. The Morgan fingerprint density at radius 3 is 2.58 bits per heavy atom. The summed E-state index contributed by atoms with van der Waals surface area (Å²) in [5.74, 6) is 0.926. The quantitative estimate of drug-likeness (QED) is 0.913. The second-order valence-corrected chi connectivity index (χ2v) is 7.07. The van der Waals surface area contributed by atoms with Gasteiger partial charge in [0, 0.05) is 12.6 Å². The Labute approximate surface area is 146 Å². The van der Waals surface area contributed by atoms with Crippen LogP contribution in [0.1, 0.15) is 45.6 Å². The van der Waals surface area contributed by atoms with Gasteiger partial charge in [-0.15, -0.1) is 0 Å². The normalized spacial score (nSPS) is 17.1. The van der Waals surface area contributed by atoms with Gasteiger partial charge in [-0.25, -0.2) is 4.79 Å². The highest BCUT2D eigenvalue weighted by Crippen LogP contribution is 2.22. The Kier molecular flexibility index (Phi) is 8.05. The van der Waals surface area contributed by atoms with Crippen molar-refractivity contribution in [3.8, 4) is 5.75 Å². The number of hydrogen-bond donors (Lipinski definition) is 1. The van der Waals surface area contributed by atoms with Crippen LogP contribution in [0.15, 0.2) is 24.3 Å². The van der Waals surface area contributed by atoms with Crippen molar-refractivity contribution in [1.82, 2.24) is 4.90 Å². The van der Waals surface area contributed by atoms with Crippen molar-refractivity contribution < 1.29 is 14.3 Å². The number of carbonyl (C=O) groups excluding carboxylic acids is 1. The fraction of sp³-hybridized carbons (Fsp3) is 0.632. The smallest absolute Gasteiger partial charge is 0.410 e. The predicted octanol–water partition coefficient (Wildman–Crippen LogP) is 3.74. The number of carbonyl (C=O) groups is 1. The lowest BCUT2D eigenvalue weighted by atomic mass is 10.1. The molecule has 1 atom stereocenters. The maximum Gasteiger partial charge on any atom is 0.410 e. The average molecular weight is 336 g/mol. The van der Waals surface area contributed by atoms with E-state index in [1.54, 1.807) is 7.11 Å². The van der Waals surface area contributed by atoms with Gasteiger partial charge in [0.2, 0.25) is 0 Å². The zero-order valence-corrected chi connectivity index (χ0v) is 15.7. The number of aryl methyl sites for hydroxylation is 1. The van der Waals surface area contributed by atoms with Gasteiger partial charge in [-0.05, 0) is 71.2 Å². The van der Waals surface area contributed by atoms with Gasteiger partial charge in [-0.2, -0.15) is 0 Å². The van der Waals surface area contributed by atoms with Crippen molar-refractivity contribution >= 4 is 6.09 Å². The average Bonchev–Trinajstić information content (AvgIpc) is 2.95. The highest BCUT2D eigenvalue weighted by atomic mass is 16.6. The van der Waals surface area contributed by atoms with Crippen LogP contribution in [-0.4, -0.2) is 42.8 Å². The Hall–Kier alpha value is -1.75. The van der Waals surface area contributed by atoms with E-state index in [-0.39, 0.29) is 12.1 Å². The molecule has 0 aliphatic carbocycles. The first-order valence-electron chi connectivity index (χ1n) is 8.57. The highest BCUT2D eigenvalue weighted by Gasteiger charge is 2.31. The predicted molar refractivity (Wildman–Crippen MR) is 97.4 cm³/mol. The summed E-state index contributed by atoms with van der Waals surface area (Å²) in [4.78, 5) is 13.6. The van der Waals surface area contributed by atoms with E-state index in [2.05, 4.69) is 0 Å². The minimum Gasteiger partial charge on any atom is -0.497 e. The molecule has 1 amide bonds. The number of hydrogen-bond acceptors (Lipinski definition) is 4. The van der Waals surface area contributed by atoms with Crippen LogP contribution in [0, 0.1) is 6.92 Å². The first kappa shape index (κ1) is 20.3. The molecule has 2 N–H and O–H groups in total. The van der Waals surface area contributed by atoms with Crippen LogP contribution in [0.3, 0.4) is 0 Å². The summed E-state index contributed by atoms with van der Waals surface area (Å²) in [5, 5.41) is 0. The van der Waals surface area contributed by atoms with Crippen LogP contribution in [0.5, 0.6) is 5.75 Å². The number of rotatable bonds is 3. The van der Waals surface area contributed by atoms with Gasteiger partial charge in [-0.3, -0.25) is 0 Å². The molecule has 5 heteroatoms. The van der Waals surface area contributed by atoms with E-state index in [0.717, 1.165) is 31.6 Å². The summed E-state index contributed by atoms with van der Waals surface area (Å²) >= 11 is 0. The summed E-state index contributed by atoms with van der Waals surface area (Å²) in [7, 11) is 1.68. The van der Waals surface area contributed by atoms with Crippen LogP contribution in [0.25, 0.3) is 0 Å². The molecule has 2 rings (SSSR count). The van der Waals surface area contributed by atoms with Gasteiger partial charge >= 0.3 is 6.09 Å². The van der Waals surface area contributed by atoms with Gasteiger partial charge in [0.15, 0.2) is 0 Å². The lowest BCUT2D eigenvalue weighted by molar-refractivity contribution is 0.0222. The fourth-order valence-electron chi connectivity index (χ4n) is 2.63. The van der Waals surface area contributed by atoms with Crippen LogP contribution in [0.2, 0.25) is 0 Å². The molecule has 1 saturated heterocycles. The Bertz CT molecular complexity index is 512. The topological polar surface area (TPSA) is 64.8 Å². The number of benzene rings is 1. The Morgan fingerprint density at radius 2 is 2.08 bits per heavy atom. The van der Waals surface area contributed by atoms with Gasteiger partial charge in [0.25, 0.3) is 0 Å². The zero-order chi connectivity index (χ0) is 18.2. The maximum absolute atomic E-state index is 11.8. The molecule has 1 fully saturated rings. The third kappa shape index (κ3) is 7.21. The number of methoxy groups -OCH3 is 1. The molecule has 1 aromatic rings. The second-order valence-electron chi connectivity index (χ2n) is 7.07. The summed E-state index contributed by atoms with van der Waals surface area (Å²) in [6.07, 6.45) is 2.79. The van der Waals surface area contributed by atoms with Gasteiger partial charge in [-0.1, -0.05) is 12.1 Å². The van der Waals surface area contributed by atoms with Crippen molar-refractivity contribution in [2.75, 3.05) is 20.2 Å². The molecule has 136 valence electrons. The molecule has 24 heavy (non-hydrogen) atoms. The first-order valence-corrected chi connectivity index (χ1v) is 8.57. The molecule has 1 aromatic carbocycles. The van der Waals surface area contributed by atoms with E-state index < -0.39 is 5.60 Å². The number of ether oxygens (including phenoxy) is 2. The van der Waals surface area contributed by atoms with E-state index in [1.165, 1.54) is 5.56 Å². The SMILES string of the molecule is CC(C)(C)OC(=O)N1CCCC1CCN.COc1cccc(C)c1. The number of nitrogens with zero attached hydrogens (tertiary/aromatic N) is 1. The molecular weight excluding hydrogens is 304 g/mol. The molecule has 5 nitrogen and oxygen atoms in total. The second kappa shape index (κ2) is 9.52. The number of likely N-dealkylation sites (tertiary alicyclic amines) is 1. The maximum atomic E-state index is 11.8. The molecule has 0 saturated carbocycles. The number of nitrogens with two attached hydrogens (primary N) is 1. The standard InChI is InChI=1S/C11H22N2O2.C8H10O/c1-11(2,3)15-10(14)13-8-4-5-9(13)6-7-12;1-7-4-3-5-8(6-7)9-2/h9H,4-8,12H2,1-3H3;3-6H,1-2H3. The van der Waals surface area contributed by atoms with Crippen molar-refractivity contribution in [2.24, 2.45) is 5.73 Å². The molecule has 0 bridgehead atoms. The van der Waals surface area contributed by atoms with Crippen molar-refractivity contribution in [1.29, 1.82) is 0 Å². The van der Waals surface area contributed by atoms with E-state index in [4.69, 9.17) is 15.2 Å². The fourth-order valence-corrected chi connectivity index (χ4v) is 2.63. The van der Waals surface area contributed by atoms with Gasteiger partial charge in [0.1, 0.15) is 11.4 Å². The van der Waals surface area contributed by atoms with E-state index in [1.807, 2.05) is 56.9 Å². The van der Waals surface area contributed by atoms with Crippen LogP contribution in [-0.2, 0) is 4.74 Å². The number of amides is 1. The summed E-state index contributed by atoms with van der Waals surface area (Å²) in [5.41, 5.74) is 6.34. The molecule has 0 spiro atoms. The lowest BCUT2D eigenvalue weighted by Gasteiger charge is -2.28. The molecule has 1 unspecified atom stereocenters. The monoisotopic (exact) mass is 336 g/mol. The van der Waals surface area contributed by atoms with Crippen molar-refractivity contribution in [3.05, 3.63) is 29.8 Å². The van der Waals surface area contributed by atoms with Gasteiger partial charge in [0.05, 0.1) is 7.11 Å². The minimum atomic E-state index is -0.410. The van der Waals surface area contributed by atoms with E-state index >= 15 is 0 Å². The summed E-state index contributed by atoms with van der Waals surface area (Å²) < 4.78 is 10.3. The lowest BCUT2D eigenvalue weighted by Crippen LogP contribution is -2.40. The molecular formula is C19H32N2O3. The molecule has 1 heterocycles. The summed E-state index contributed by atoms with van der Waals surface area (Å²) in [6, 6.07) is 8.24. The summed E-state index contributed by atoms with van der Waals surface area (Å²) in [6.45, 7) is 9.14. The van der Waals surface area contributed by atoms with E-state index in [9.17, 15) is 4.79 Å². The molecule has 0 radical (unpaired) electrons. The Balaban J connectivity index is 0.000000272. The van der Waals surface area contributed by atoms with Crippen LogP contribution in [0.4, 0.5) is 4.79 Å². The van der Waals surface area contributed by atoms with Crippen molar-refractivity contribution in [2.45, 2.75) is 58.6 Å². The van der Waals surface area contributed by atoms with Gasteiger partial charge < -0.3 is 20.1 Å². The van der Waals surface area contributed by atoms with E-state index in [0.29, 0.717) is 6.54 Å². The third-order valence-electron chi connectivity index (χ3n) is 3.73. The van der Waals surface area contributed by atoms with Crippen LogP contribution < -0.4 is 10.5 Å². The van der Waals surface area contributed by atoms with Crippen molar-refractivity contribution in [3.63, 3.8) is 0 Å².